The minimum atomic E-state index is -0.335. The van der Waals surface area contributed by atoms with E-state index in [2.05, 4.69) is 15.0 Å². The zero-order valence-corrected chi connectivity index (χ0v) is 26.5. The molecule has 0 aromatic carbocycles. The number of anilines is 1. The van der Waals surface area contributed by atoms with Gasteiger partial charge in [0.25, 0.3) is 0 Å². The van der Waals surface area contributed by atoms with Crippen LogP contribution in [0.5, 0.6) is 0 Å². The molecule has 0 radical (unpaired) electrons. The maximum absolute atomic E-state index is 11.4. The van der Waals surface area contributed by atoms with Crippen LogP contribution in [0.15, 0.2) is 42.6 Å². The fraction of sp³-hybridized carbons (Fsp3) is 0.419. The van der Waals surface area contributed by atoms with Crippen LogP contribution in [0.25, 0.3) is 0 Å². The molecule has 0 fully saturated rings. The van der Waals surface area contributed by atoms with E-state index in [9.17, 15) is 14.4 Å². The first-order valence-electron chi connectivity index (χ1n) is 14.7. The Morgan fingerprint density at radius 1 is 0.750 bits per heavy atom. The number of nitrogen functional groups attached to an aromatic ring is 1. The maximum Gasteiger partial charge on any atom is 0.340 e. The third-order valence-electron chi connectivity index (χ3n) is 7.57. The predicted molar refractivity (Wildman–Crippen MR) is 166 cm³/mol. The van der Waals surface area contributed by atoms with Gasteiger partial charge in [-0.1, -0.05) is 32.4 Å². The largest absolute Gasteiger partial charge is 0.458 e. The Bertz CT molecular complexity index is 1410. The van der Waals surface area contributed by atoms with E-state index in [1.807, 2.05) is 41.5 Å². The number of nitrogens with zero attached hydrogens (tertiary/aromatic N) is 3. The summed E-state index contributed by atoms with van der Waals surface area (Å²) in [4.78, 5) is 46.7. The first-order chi connectivity index (χ1) is 21.2. The number of hydrogen-bond acceptors (Lipinski definition) is 11. The van der Waals surface area contributed by atoms with Crippen molar-refractivity contribution in [3.8, 4) is 0 Å². The fourth-order valence-electron chi connectivity index (χ4n) is 4.54. The van der Waals surface area contributed by atoms with Crippen LogP contribution in [0.4, 0.5) is 5.82 Å². The number of halogens is 1. The summed E-state index contributed by atoms with van der Waals surface area (Å²) in [7, 11) is 1.25. The first-order valence-corrected chi connectivity index (χ1v) is 14.6. The molecule has 0 saturated heterocycles. The molecule has 0 saturated carbocycles. The Balaban J connectivity index is 0.000000176. The number of aromatic nitrogens is 3. The second kappa shape index (κ2) is 15.0. The van der Waals surface area contributed by atoms with E-state index in [0.717, 1.165) is 11.4 Å². The van der Waals surface area contributed by atoms with Crippen LogP contribution in [0.3, 0.4) is 0 Å². The molecule has 232 valence electrons. The van der Waals surface area contributed by atoms with Crippen molar-refractivity contribution >= 4 is 42.4 Å². The summed E-state index contributed by atoms with van der Waals surface area (Å²) in [5, 5.41) is 6.50. The number of nitrogens with one attached hydrogen (secondary N) is 1. The topological polar surface area (TPSA) is 167 Å². The van der Waals surface area contributed by atoms with Gasteiger partial charge in [-0.05, 0) is 57.2 Å². The Hall–Kier alpha value is -4.19. The molecule has 11 nitrogen and oxygen atoms in total. The van der Waals surface area contributed by atoms with Crippen LogP contribution >= 0.6 is 11.6 Å². The van der Waals surface area contributed by atoms with E-state index in [0.29, 0.717) is 33.4 Å². The van der Waals surface area contributed by atoms with Crippen LogP contribution in [-0.2, 0) is 14.2 Å². The molecule has 6 heterocycles. The van der Waals surface area contributed by atoms with E-state index in [-0.39, 0.29) is 60.1 Å². The summed E-state index contributed by atoms with van der Waals surface area (Å²) >= 11 is 5.77. The van der Waals surface area contributed by atoms with Gasteiger partial charge >= 0.3 is 37.1 Å². The van der Waals surface area contributed by atoms with Crippen molar-refractivity contribution < 1.29 is 30.0 Å². The molecule has 3 aromatic heterocycles. The van der Waals surface area contributed by atoms with Gasteiger partial charge in [-0.15, -0.1) is 0 Å². The molecule has 3 aliphatic rings. The minimum absolute atomic E-state index is 0.0630. The summed E-state index contributed by atoms with van der Waals surface area (Å²) in [6.07, 6.45) is -0.243. The molecule has 0 spiro atoms. The van der Waals surface area contributed by atoms with Gasteiger partial charge in [0.15, 0.2) is 0 Å². The predicted octanol–water partition coefficient (Wildman–Crippen LogP) is 5.97. The number of esters is 3. The quantitative estimate of drug-likeness (QED) is 0.132. The minimum Gasteiger partial charge on any atom is -0.458 e. The second-order valence-electron chi connectivity index (χ2n) is 10.6. The molecule has 44 heavy (non-hydrogen) atoms. The number of carbonyl (C=O) groups excluding carboxylic acids is 3. The summed E-state index contributed by atoms with van der Waals surface area (Å²) in [5.74, 6) is -0.246. The van der Waals surface area contributed by atoms with E-state index in [1.54, 1.807) is 37.2 Å². The van der Waals surface area contributed by atoms with Gasteiger partial charge < -0.3 is 19.9 Å². The Labute approximate surface area is 264 Å². The van der Waals surface area contributed by atoms with Crippen molar-refractivity contribution in [2.24, 2.45) is 0 Å². The summed E-state index contributed by atoms with van der Waals surface area (Å²) in [5.41, 5.74) is 9.29. The summed E-state index contributed by atoms with van der Waals surface area (Å²) < 4.78 is 22.8. The second-order valence-corrected chi connectivity index (χ2v) is 11.0. The van der Waals surface area contributed by atoms with Crippen molar-refractivity contribution in [3.05, 3.63) is 81.5 Å². The number of fused-ring (bicyclic) bond motifs is 3. The average molecular weight is 623 g/mol. The van der Waals surface area contributed by atoms with Crippen molar-refractivity contribution in [2.75, 3.05) is 5.73 Å². The van der Waals surface area contributed by atoms with Gasteiger partial charge in [0.1, 0.15) is 29.3 Å². The number of nitrogens with two attached hydrogens (primary N) is 1. The van der Waals surface area contributed by atoms with Gasteiger partial charge in [-0.3, -0.25) is 4.98 Å². The van der Waals surface area contributed by atoms with Crippen molar-refractivity contribution in [2.45, 2.75) is 84.4 Å². The van der Waals surface area contributed by atoms with Crippen LogP contribution in [0.2, 0.25) is 12.0 Å². The van der Waals surface area contributed by atoms with Crippen molar-refractivity contribution in [1.82, 2.24) is 15.0 Å². The van der Waals surface area contributed by atoms with Gasteiger partial charge in [-0.2, -0.15) is 0 Å². The smallest absolute Gasteiger partial charge is 0.340 e. The standard InChI is InChI=1S/C10H10ClNO2.C10H12N2O2.C10H11NO2.CH4BN/c2*1-5-6(2)14-10(13)7-3-4-8(11)12-9(5)7;1-6-7(2)13-10(12)8-4-3-5-11-9(6)8;1-2-3/h3-6H,1-2H3;3-6H,1-2H3,(H2,11,12);3-7H,1-2H3;3H,1H3/t2*5-,6+;6-,7+;/m111./s1/i;;5D;. The summed E-state index contributed by atoms with van der Waals surface area (Å²) in [6.45, 7) is 13.1. The number of cyclic esters (lactones) is 3. The molecule has 13 heteroatoms. The SMILES string of the molecule is CB=N.C[C@@H]1OC(=O)c2ccc(Cl)nc2[C@@H]1C.C[C@@H]1OC(=O)c2ccc(N)nc2[C@@H]1C.[2H]c1ccc2c(n1)[C@H](C)[C@H](C)OC2=O. The maximum atomic E-state index is 11.4. The first kappa shape index (κ1) is 32.7. The van der Waals surface area contributed by atoms with Gasteiger partial charge in [-0.25, -0.2) is 24.4 Å². The third kappa shape index (κ3) is 7.85. The van der Waals surface area contributed by atoms with Crippen LogP contribution in [0, 0.1) is 5.31 Å². The zero-order valence-electron chi connectivity index (χ0n) is 26.8. The molecule has 6 rings (SSSR count). The van der Waals surface area contributed by atoms with E-state index >= 15 is 0 Å². The number of ether oxygens (including phenoxy) is 3. The molecule has 6 atom stereocenters. The molecular weight excluding hydrogens is 585 g/mol. The Morgan fingerprint density at radius 3 is 1.66 bits per heavy atom. The molecular formula is C31H37BClN5O6. The van der Waals surface area contributed by atoms with E-state index < -0.39 is 0 Å². The molecule has 3 aromatic rings. The van der Waals surface area contributed by atoms with Gasteiger partial charge in [0, 0.05) is 23.9 Å². The Kier molecular flexibility index (Phi) is 11.2. The van der Waals surface area contributed by atoms with Crippen LogP contribution in [-0.4, -0.2) is 58.2 Å². The van der Waals surface area contributed by atoms with Gasteiger partial charge in [0.05, 0.1) is 35.1 Å². The number of rotatable bonds is 0. The van der Waals surface area contributed by atoms with E-state index in [4.69, 9.17) is 38.2 Å². The number of carbonyl (C=O) groups is 3. The average Bonchev–Trinajstić information content (AvgIpc) is 2.98. The van der Waals surface area contributed by atoms with E-state index in [1.165, 1.54) is 13.1 Å². The Morgan fingerprint density at radius 2 is 1.16 bits per heavy atom. The van der Waals surface area contributed by atoms with Crippen LogP contribution in [0.1, 0.15) is 109 Å². The molecule has 0 aliphatic carbocycles. The molecule has 0 amide bonds. The van der Waals surface area contributed by atoms with Crippen LogP contribution < -0.4 is 5.73 Å². The molecule has 3 aliphatic heterocycles. The normalized spacial score (nSPS) is 24.5. The van der Waals surface area contributed by atoms with Crippen molar-refractivity contribution in [1.29, 1.82) is 5.31 Å². The molecule has 0 unspecified atom stereocenters. The summed E-state index contributed by atoms with van der Waals surface area (Å²) in [6, 6.07) is 9.66. The number of pyridine rings is 3. The fourth-order valence-corrected chi connectivity index (χ4v) is 4.70. The third-order valence-corrected chi connectivity index (χ3v) is 7.78. The zero-order chi connectivity index (χ0) is 33.6. The monoisotopic (exact) mass is 622 g/mol. The van der Waals surface area contributed by atoms with Gasteiger partial charge in [0.2, 0.25) is 0 Å². The molecule has 0 bridgehead atoms. The molecule has 3 N–H and O–H groups in total. The van der Waals surface area contributed by atoms with Crippen molar-refractivity contribution in [3.63, 3.8) is 0 Å². The number of hydrogen-bond donors (Lipinski definition) is 2.